The van der Waals surface area contributed by atoms with Crippen LogP contribution in [0.2, 0.25) is 0 Å². The summed E-state index contributed by atoms with van der Waals surface area (Å²) < 4.78 is 11.4. The second-order valence-electron chi connectivity index (χ2n) is 3.89. The van der Waals surface area contributed by atoms with E-state index in [9.17, 15) is 0 Å². The largest absolute Gasteiger partial charge is 0.487 e. The molecule has 15 heavy (non-hydrogen) atoms. The summed E-state index contributed by atoms with van der Waals surface area (Å²) in [6, 6.07) is 8.08. The van der Waals surface area contributed by atoms with Gasteiger partial charge in [0.05, 0.1) is 0 Å². The van der Waals surface area contributed by atoms with Crippen LogP contribution in [0.5, 0.6) is 0 Å². The van der Waals surface area contributed by atoms with Gasteiger partial charge < -0.3 is 9.15 Å². The van der Waals surface area contributed by atoms with Gasteiger partial charge in [-0.1, -0.05) is 18.2 Å². The van der Waals surface area contributed by atoms with E-state index in [-0.39, 0.29) is 6.10 Å². The first kappa shape index (κ1) is 8.60. The summed E-state index contributed by atoms with van der Waals surface area (Å²) in [6.07, 6.45) is 2.23. The Balaban J connectivity index is 2.57. The average molecular weight is 200 g/mol. The van der Waals surface area contributed by atoms with Crippen molar-refractivity contribution in [3.63, 3.8) is 0 Å². The van der Waals surface area contributed by atoms with Crippen molar-refractivity contribution in [3.8, 4) is 0 Å². The van der Waals surface area contributed by atoms with Gasteiger partial charge in [0.1, 0.15) is 17.4 Å². The van der Waals surface area contributed by atoms with Gasteiger partial charge in [0.2, 0.25) is 0 Å². The molecule has 2 heterocycles. The highest BCUT2D eigenvalue weighted by atomic mass is 16.5. The maximum absolute atomic E-state index is 5.76. The van der Waals surface area contributed by atoms with Crippen LogP contribution in [0, 0.1) is 0 Å². The van der Waals surface area contributed by atoms with Crippen molar-refractivity contribution in [1.29, 1.82) is 0 Å². The van der Waals surface area contributed by atoms with Crippen LogP contribution < -0.4 is 10.6 Å². The molecular formula is C13H12O2. The molecule has 76 valence electrons. The summed E-state index contributed by atoms with van der Waals surface area (Å²) in [5, 5.41) is 2.34. The van der Waals surface area contributed by atoms with Gasteiger partial charge in [-0.25, -0.2) is 0 Å². The van der Waals surface area contributed by atoms with Crippen LogP contribution >= 0.6 is 0 Å². The molecule has 1 aromatic heterocycles. The summed E-state index contributed by atoms with van der Waals surface area (Å²) in [5.74, 6) is 0.871. The van der Waals surface area contributed by atoms with Crippen molar-refractivity contribution in [2.24, 2.45) is 0 Å². The second kappa shape index (κ2) is 2.89. The van der Waals surface area contributed by atoms with E-state index in [1.807, 2.05) is 32.0 Å². The first-order chi connectivity index (χ1) is 7.25. The van der Waals surface area contributed by atoms with Crippen LogP contribution in [0.1, 0.15) is 13.8 Å². The fraction of sp³-hybridized carbons (Fsp3) is 0.231. The van der Waals surface area contributed by atoms with E-state index in [1.165, 1.54) is 10.6 Å². The zero-order valence-corrected chi connectivity index (χ0v) is 8.78. The minimum absolute atomic E-state index is 0.124. The summed E-state index contributed by atoms with van der Waals surface area (Å²) >= 11 is 0. The molecule has 0 bridgehead atoms. The van der Waals surface area contributed by atoms with E-state index in [4.69, 9.17) is 9.15 Å². The van der Waals surface area contributed by atoms with Gasteiger partial charge in [-0.3, -0.25) is 0 Å². The lowest BCUT2D eigenvalue weighted by Gasteiger charge is -2.12. The molecule has 2 heteroatoms. The highest BCUT2D eigenvalue weighted by molar-refractivity contribution is 5.79. The average Bonchev–Trinajstić information content (AvgIpc) is 2.57. The lowest BCUT2D eigenvalue weighted by molar-refractivity contribution is 0.227. The quantitative estimate of drug-likeness (QED) is 0.646. The highest BCUT2D eigenvalue weighted by Gasteiger charge is 2.12. The normalized spacial score (nSPS) is 19.6. The van der Waals surface area contributed by atoms with Crippen LogP contribution in [0.15, 0.2) is 28.7 Å². The Labute approximate surface area is 87.5 Å². The standard InChI is InChI=1S/C13H12O2/c1-8-7-11-10-5-3-4-6-12(10)15-13(11)9(2)14-8/h3-8H,1-2H3. The molecular weight excluding hydrogens is 188 g/mol. The molecule has 1 aliphatic heterocycles. The number of rotatable bonds is 0. The Hall–Kier alpha value is -1.70. The molecule has 3 rings (SSSR count). The number of hydrogen-bond donors (Lipinski definition) is 0. The molecule has 1 unspecified atom stereocenters. The monoisotopic (exact) mass is 200 g/mol. The van der Waals surface area contributed by atoms with Gasteiger partial charge in [-0.2, -0.15) is 0 Å². The Morgan fingerprint density at radius 1 is 1.20 bits per heavy atom. The predicted molar refractivity (Wildman–Crippen MR) is 59.6 cm³/mol. The van der Waals surface area contributed by atoms with E-state index < -0.39 is 0 Å². The van der Waals surface area contributed by atoms with Gasteiger partial charge in [0.15, 0.2) is 5.42 Å². The molecule has 0 radical (unpaired) electrons. The molecule has 0 spiro atoms. The SMILES string of the molecule is CC1=c2oc3ccccc3c2=CC(C)O1. The number of para-hydroxylation sites is 1. The molecule has 0 N–H and O–H groups in total. The van der Waals surface area contributed by atoms with E-state index in [0.717, 1.165) is 16.8 Å². The second-order valence-corrected chi connectivity index (χ2v) is 3.89. The van der Waals surface area contributed by atoms with E-state index in [1.54, 1.807) is 0 Å². The number of benzene rings is 1. The van der Waals surface area contributed by atoms with Crippen molar-refractivity contribution >= 4 is 22.8 Å². The minimum Gasteiger partial charge on any atom is -0.487 e. The summed E-state index contributed by atoms with van der Waals surface area (Å²) in [5.41, 5.74) is 1.80. The summed E-state index contributed by atoms with van der Waals surface area (Å²) in [7, 11) is 0. The van der Waals surface area contributed by atoms with Gasteiger partial charge >= 0.3 is 0 Å². The Kier molecular flexibility index (Phi) is 1.66. The van der Waals surface area contributed by atoms with E-state index in [2.05, 4.69) is 12.1 Å². The lowest BCUT2D eigenvalue weighted by Crippen LogP contribution is -2.30. The number of hydrogen-bond acceptors (Lipinski definition) is 2. The number of ether oxygens (including phenoxy) is 1. The molecule has 0 aliphatic carbocycles. The Morgan fingerprint density at radius 2 is 2.00 bits per heavy atom. The zero-order chi connectivity index (χ0) is 10.4. The molecule has 2 nitrogen and oxygen atoms in total. The fourth-order valence-corrected chi connectivity index (χ4v) is 2.09. The summed E-state index contributed by atoms with van der Waals surface area (Å²) in [4.78, 5) is 0. The molecule has 0 saturated heterocycles. The van der Waals surface area contributed by atoms with Crippen LogP contribution in [0.25, 0.3) is 22.8 Å². The molecule has 1 atom stereocenters. The van der Waals surface area contributed by atoms with Gasteiger partial charge in [0.25, 0.3) is 0 Å². The van der Waals surface area contributed by atoms with Crippen LogP contribution in [-0.4, -0.2) is 6.10 Å². The van der Waals surface area contributed by atoms with Gasteiger partial charge in [-0.15, -0.1) is 0 Å². The van der Waals surface area contributed by atoms with Crippen molar-refractivity contribution in [1.82, 2.24) is 0 Å². The number of fused-ring (bicyclic) bond motifs is 3. The summed E-state index contributed by atoms with van der Waals surface area (Å²) in [6.45, 7) is 3.99. The topological polar surface area (TPSA) is 22.4 Å². The van der Waals surface area contributed by atoms with Crippen LogP contribution in [0.4, 0.5) is 0 Å². The van der Waals surface area contributed by atoms with Crippen molar-refractivity contribution in [3.05, 3.63) is 34.9 Å². The van der Waals surface area contributed by atoms with Gasteiger partial charge in [-0.05, 0) is 26.0 Å². The molecule has 0 fully saturated rings. The zero-order valence-electron chi connectivity index (χ0n) is 8.78. The first-order valence-corrected chi connectivity index (χ1v) is 5.12. The Morgan fingerprint density at radius 3 is 2.87 bits per heavy atom. The maximum atomic E-state index is 5.76. The molecule has 2 aromatic rings. The van der Waals surface area contributed by atoms with Crippen LogP contribution in [-0.2, 0) is 4.74 Å². The molecule has 1 aliphatic rings. The maximum Gasteiger partial charge on any atom is 0.172 e. The fourth-order valence-electron chi connectivity index (χ4n) is 2.09. The van der Waals surface area contributed by atoms with Crippen molar-refractivity contribution in [2.45, 2.75) is 20.0 Å². The predicted octanol–water partition coefficient (Wildman–Crippen LogP) is 1.76. The Bertz CT molecular complexity index is 634. The highest BCUT2D eigenvalue weighted by Crippen LogP contribution is 2.12. The lowest BCUT2D eigenvalue weighted by atomic mass is 10.1. The third-order valence-electron chi connectivity index (χ3n) is 2.72. The number of furan rings is 1. The van der Waals surface area contributed by atoms with E-state index >= 15 is 0 Å². The van der Waals surface area contributed by atoms with Crippen LogP contribution in [0.3, 0.4) is 0 Å². The smallest absolute Gasteiger partial charge is 0.172 e. The minimum atomic E-state index is 0.124. The van der Waals surface area contributed by atoms with Crippen molar-refractivity contribution in [2.75, 3.05) is 0 Å². The van der Waals surface area contributed by atoms with Gasteiger partial charge in [0, 0.05) is 10.6 Å². The first-order valence-electron chi connectivity index (χ1n) is 5.12. The molecule has 0 saturated carbocycles. The van der Waals surface area contributed by atoms with Crippen molar-refractivity contribution < 1.29 is 9.15 Å². The molecule has 1 aromatic carbocycles. The third kappa shape index (κ3) is 1.18. The third-order valence-corrected chi connectivity index (χ3v) is 2.72. The molecule has 0 amide bonds. The van der Waals surface area contributed by atoms with E-state index in [0.29, 0.717) is 0 Å².